The summed E-state index contributed by atoms with van der Waals surface area (Å²) in [5.74, 6) is 0.0288. The van der Waals surface area contributed by atoms with Crippen LogP contribution in [-0.4, -0.2) is 35.8 Å². The molecule has 0 aliphatic carbocycles. The maximum Gasteiger partial charge on any atom is 0.311 e. The molecule has 2 rings (SSSR count). The molecule has 1 aromatic heterocycles. The third kappa shape index (κ3) is 5.81. The molecular formula is C24H33N3O3. The van der Waals surface area contributed by atoms with Crippen molar-refractivity contribution in [3.05, 3.63) is 52.8 Å². The Balaban J connectivity index is 2.53. The molecule has 30 heavy (non-hydrogen) atoms. The first kappa shape index (κ1) is 23.4. The van der Waals surface area contributed by atoms with E-state index < -0.39 is 0 Å². The van der Waals surface area contributed by atoms with E-state index in [9.17, 15) is 4.79 Å². The Bertz CT molecular complexity index is 930. The Labute approximate surface area is 179 Å². The van der Waals surface area contributed by atoms with Crippen LogP contribution in [0.15, 0.2) is 35.3 Å². The average Bonchev–Trinajstić information content (AvgIpc) is 3.01. The van der Waals surface area contributed by atoms with Gasteiger partial charge in [0.25, 0.3) is 0 Å². The summed E-state index contributed by atoms with van der Waals surface area (Å²) in [7, 11) is 3.57. The zero-order chi connectivity index (χ0) is 22.5. The molecule has 0 unspecified atom stereocenters. The number of allylic oxidation sites excluding steroid dienone is 1. The van der Waals surface area contributed by atoms with E-state index in [0.717, 1.165) is 22.5 Å². The van der Waals surface area contributed by atoms with Crippen molar-refractivity contribution in [1.82, 2.24) is 9.78 Å². The van der Waals surface area contributed by atoms with Gasteiger partial charge in [0.1, 0.15) is 5.69 Å². The van der Waals surface area contributed by atoms with Crippen molar-refractivity contribution in [2.45, 2.75) is 47.0 Å². The van der Waals surface area contributed by atoms with E-state index in [2.05, 4.69) is 55.1 Å². The maximum absolute atomic E-state index is 11.9. The van der Waals surface area contributed by atoms with E-state index >= 15 is 0 Å². The lowest BCUT2D eigenvalue weighted by molar-refractivity contribution is -0.155. The van der Waals surface area contributed by atoms with Crippen molar-refractivity contribution < 1.29 is 14.3 Å². The van der Waals surface area contributed by atoms with E-state index in [4.69, 9.17) is 9.47 Å². The summed E-state index contributed by atoms with van der Waals surface area (Å²) >= 11 is 0. The molecule has 0 aliphatic heterocycles. The van der Waals surface area contributed by atoms with Gasteiger partial charge in [-0.05, 0) is 29.5 Å². The zero-order valence-electron chi connectivity index (χ0n) is 19.3. The minimum atomic E-state index is -0.309. The number of aliphatic imine (C=N–C) groups is 1. The van der Waals surface area contributed by atoms with Crippen molar-refractivity contribution in [2.75, 3.05) is 13.8 Å². The molecular weight excluding hydrogens is 378 g/mol. The summed E-state index contributed by atoms with van der Waals surface area (Å²) < 4.78 is 13.0. The Morgan fingerprint density at radius 2 is 1.83 bits per heavy atom. The van der Waals surface area contributed by atoms with Crippen LogP contribution in [-0.2, 0) is 26.7 Å². The molecule has 6 heteroatoms. The van der Waals surface area contributed by atoms with Gasteiger partial charge < -0.3 is 9.47 Å². The molecule has 0 bridgehead atoms. The highest BCUT2D eigenvalue weighted by molar-refractivity contribution is 6.18. The van der Waals surface area contributed by atoms with Gasteiger partial charge in [-0.25, -0.2) is 0 Å². The average molecular weight is 412 g/mol. The lowest BCUT2D eigenvalue weighted by Gasteiger charge is -2.20. The predicted molar refractivity (Wildman–Crippen MR) is 121 cm³/mol. The number of esters is 1. The second-order valence-electron chi connectivity index (χ2n) is 8.63. The third-order valence-corrected chi connectivity index (χ3v) is 4.68. The fourth-order valence-electron chi connectivity index (χ4n) is 2.97. The molecule has 0 amide bonds. The van der Waals surface area contributed by atoms with E-state index in [-0.39, 0.29) is 24.1 Å². The predicted octanol–water partition coefficient (Wildman–Crippen LogP) is 4.77. The molecule has 2 aromatic rings. The van der Waals surface area contributed by atoms with Gasteiger partial charge in [-0.2, -0.15) is 5.10 Å². The molecule has 6 nitrogen and oxygen atoms in total. The van der Waals surface area contributed by atoms with Gasteiger partial charge in [0.2, 0.25) is 6.79 Å². The van der Waals surface area contributed by atoms with Crippen LogP contribution in [0.4, 0.5) is 0 Å². The van der Waals surface area contributed by atoms with Crippen LogP contribution in [0.5, 0.6) is 0 Å². The first-order chi connectivity index (χ1) is 14.0. The van der Waals surface area contributed by atoms with Crippen LogP contribution < -0.4 is 0 Å². The number of carbonyl (C=O) groups is 1. The number of hydrogen-bond donors (Lipinski definition) is 0. The van der Waals surface area contributed by atoms with E-state index in [1.807, 2.05) is 20.0 Å². The van der Waals surface area contributed by atoms with Crippen molar-refractivity contribution >= 4 is 23.5 Å². The summed E-state index contributed by atoms with van der Waals surface area (Å²) in [4.78, 5) is 16.1. The van der Waals surface area contributed by atoms with Gasteiger partial charge in [0.15, 0.2) is 5.76 Å². The number of benzene rings is 1. The van der Waals surface area contributed by atoms with Gasteiger partial charge >= 0.3 is 5.97 Å². The largest absolute Gasteiger partial charge is 0.454 e. The van der Waals surface area contributed by atoms with Crippen LogP contribution in [0.1, 0.15) is 57.1 Å². The number of nitrogens with zero attached hydrogens (tertiary/aromatic N) is 3. The molecule has 0 spiro atoms. The smallest absolute Gasteiger partial charge is 0.311 e. The van der Waals surface area contributed by atoms with Crippen LogP contribution >= 0.6 is 0 Å². The highest BCUT2D eigenvalue weighted by Gasteiger charge is 2.19. The summed E-state index contributed by atoms with van der Waals surface area (Å²) in [6.07, 6.45) is 1.76. The number of ether oxygens (including phenoxy) is 2. The SMILES string of the molecule is C/N=C\C(=C(\OCOC(=O)C(C)C)c1cc(C)nn1C)c1ccc(C(C)(C)C)cc1. The number of aromatic nitrogens is 2. The second kappa shape index (κ2) is 9.74. The van der Waals surface area contributed by atoms with Crippen LogP contribution in [0.2, 0.25) is 0 Å². The van der Waals surface area contributed by atoms with E-state index in [0.29, 0.717) is 5.76 Å². The van der Waals surface area contributed by atoms with Gasteiger partial charge in [0.05, 0.1) is 11.6 Å². The number of aryl methyl sites for hydroxylation is 2. The van der Waals surface area contributed by atoms with Crippen LogP contribution in [0.25, 0.3) is 11.3 Å². The molecule has 1 heterocycles. The van der Waals surface area contributed by atoms with E-state index in [1.165, 1.54) is 5.56 Å². The minimum absolute atomic E-state index is 0.0603. The summed E-state index contributed by atoms with van der Waals surface area (Å²) in [5, 5.41) is 4.44. The Hall–Kier alpha value is -2.89. The lowest BCUT2D eigenvalue weighted by Crippen LogP contribution is -2.15. The fraction of sp³-hybridized carbons (Fsp3) is 0.458. The number of hydrogen-bond acceptors (Lipinski definition) is 5. The topological polar surface area (TPSA) is 65.7 Å². The highest BCUT2D eigenvalue weighted by atomic mass is 16.7. The van der Waals surface area contributed by atoms with Gasteiger partial charge in [-0.15, -0.1) is 0 Å². The van der Waals surface area contributed by atoms with E-state index in [1.54, 1.807) is 31.8 Å². The summed E-state index contributed by atoms with van der Waals surface area (Å²) in [6, 6.07) is 10.3. The fourth-order valence-corrected chi connectivity index (χ4v) is 2.97. The molecule has 0 N–H and O–H groups in total. The van der Waals surface area contributed by atoms with Gasteiger partial charge in [-0.3, -0.25) is 14.5 Å². The van der Waals surface area contributed by atoms with Crippen molar-refractivity contribution in [1.29, 1.82) is 0 Å². The maximum atomic E-state index is 11.9. The molecule has 0 fully saturated rings. The first-order valence-electron chi connectivity index (χ1n) is 10.1. The Kier molecular flexibility index (Phi) is 7.59. The molecule has 0 atom stereocenters. The zero-order valence-corrected chi connectivity index (χ0v) is 19.3. The Morgan fingerprint density at radius 3 is 2.30 bits per heavy atom. The quantitative estimate of drug-likeness (QED) is 0.285. The number of rotatable bonds is 7. The second-order valence-corrected chi connectivity index (χ2v) is 8.63. The standard InChI is InChI=1S/C24H33N3O3/c1-16(2)23(28)30-15-29-22(21-13-17(3)26-27(21)8)20(14-25-7)18-9-11-19(12-10-18)24(4,5)6/h9-14,16H,15H2,1-8H3/b22-20-,25-14-. The molecule has 162 valence electrons. The molecule has 0 saturated carbocycles. The van der Waals surface area contributed by atoms with Crippen molar-refractivity contribution in [3.63, 3.8) is 0 Å². The van der Waals surface area contributed by atoms with Gasteiger partial charge in [0, 0.05) is 25.9 Å². The lowest BCUT2D eigenvalue weighted by atomic mass is 9.86. The van der Waals surface area contributed by atoms with Crippen molar-refractivity contribution in [2.24, 2.45) is 18.0 Å². The summed E-state index contributed by atoms with van der Waals surface area (Å²) in [5.41, 5.74) is 4.69. The monoisotopic (exact) mass is 411 g/mol. The highest BCUT2D eigenvalue weighted by Crippen LogP contribution is 2.29. The molecule has 0 saturated heterocycles. The third-order valence-electron chi connectivity index (χ3n) is 4.68. The van der Waals surface area contributed by atoms with Crippen LogP contribution in [0, 0.1) is 12.8 Å². The normalized spacial score (nSPS) is 13.0. The molecule has 1 aromatic carbocycles. The first-order valence-corrected chi connectivity index (χ1v) is 10.1. The Morgan fingerprint density at radius 1 is 1.20 bits per heavy atom. The molecule has 0 radical (unpaired) electrons. The minimum Gasteiger partial charge on any atom is -0.454 e. The van der Waals surface area contributed by atoms with Crippen LogP contribution in [0.3, 0.4) is 0 Å². The summed E-state index contributed by atoms with van der Waals surface area (Å²) in [6.45, 7) is 11.9. The molecule has 0 aliphatic rings. The van der Waals surface area contributed by atoms with Gasteiger partial charge in [-0.1, -0.05) is 58.9 Å². The number of carbonyl (C=O) groups excluding carboxylic acids is 1. The van der Waals surface area contributed by atoms with Crippen molar-refractivity contribution in [3.8, 4) is 0 Å².